The first-order valence-corrected chi connectivity index (χ1v) is 9.26. The van der Waals surface area contributed by atoms with Gasteiger partial charge in [0.1, 0.15) is 5.75 Å². The fourth-order valence-electron chi connectivity index (χ4n) is 3.85. The molecule has 1 aliphatic carbocycles. The van der Waals surface area contributed by atoms with Crippen molar-refractivity contribution in [2.24, 2.45) is 0 Å². The number of ether oxygens (including phenoxy) is 2. The Hall–Kier alpha value is -3.15. The van der Waals surface area contributed by atoms with E-state index in [-0.39, 0.29) is 17.4 Å². The number of nitrogens with zero attached hydrogens (tertiary/aromatic N) is 1. The Bertz CT molecular complexity index is 860. The summed E-state index contributed by atoms with van der Waals surface area (Å²) in [5.74, 6) is -0.823. The highest BCUT2D eigenvalue weighted by Gasteiger charge is 2.47. The summed E-state index contributed by atoms with van der Waals surface area (Å²) in [6.45, 7) is 1.95. The molecule has 146 valence electrons. The van der Waals surface area contributed by atoms with E-state index in [2.05, 4.69) is 0 Å². The summed E-state index contributed by atoms with van der Waals surface area (Å²) in [7, 11) is 1.58. The summed E-state index contributed by atoms with van der Waals surface area (Å²) in [6.07, 6.45) is 2.19. The molecule has 0 saturated heterocycles. The minimum Gasteiger partial charge on any atom is -0.497 e. The van der Waals surface area contributed by atoms with Gasteiger partial charge in [-0.05, 0) is 36.6 Å². The summed E-state index contributed by atoms with van der Waals surface area (Å²) in [6, 6.07) is 15.5. The van der Waals surface area contributed by atoms with Gasteiger partial charge in [0.15, 0.2) is 0 Å². The largest absolute Gasteiger partial charge is 0.497 e. The molecule has 2 aromatic rings. The molecule has 2 aromatic carbocycles. The zero-order valence-corrected chi connectivity index (χ0v) is 15.9. The Morgan fingerprint density at radius 3 is 2.36 bits per heavy atom. The number of methoxy groups -OCH3 is 1. The van der Waals surface area contributed by atoms with Crippen LogP contribution in [0.2, 0.25) is 0 Å². The van der Waals surface area contributed by atoms with Gasteiger partial charge < -0.3 is 9.47 Å². The van der Waals surface area contributed by atoms with Gasteiger partial charge in [0.25, 0.3) is 0 Å². The number of benzene rings is 2. The molecule has 0 heterocycles. The Morgan fingerprint density at radius 1 is 1.11 bits per heavy atom. The van der Waals surface area contributed by atoms with Gasteiger partial charge in [-0.25, -0.2) is 4.79 Å². The van der Waals surface area contributed by atoms with Gasteiger partial charge in [0.2, 0.25) is 6.04 Å². The van der Waals surface area contributed by atoms with E-state index in [1.165, 1.54) is 0 Å². The standard InChI is InChI=1S/C22H23NO5/c1-3-28-22(24)19-14-13-18(15-9-11-17(27-2)12-10-15)21(23(25)26)20(19)16-7-5-4-6-8-16/h4-12,14,18,20-21H,3,13H2,1-2H3/t18-,20+,21+/m0/s1. The van der Waals surface area contributed by atoms with Crippen LogP contribution in [0.25, 0.3) is 0 Å². The molecule has 0 unspecified atom stereocenters. The van der Waals surface area contributed by atoms with Gasteiger partial charge in [0.05, 0.1) is 25.6 Å². The number of nitro groups is 1. The minimum absolute atomic E-state index is 0.225. The van der Waals surface area contributed by atoms with Crippen molar-refractivity contribution in [2.45, 2.75) is 31.2 Å². The average molecular weight is 381 g/mol. The Balaban J connectivity index is 2.08. The van der Waals surface area contributed by atoms with Crippen LogP contribution in [0, 0.1) is 10.1 Å². The molecule has 0 aromatic heterocycles. The first kappa shape index (κ1) is 19.6. The van der Waals surface area contributed by atoms with E-state index < -0.39 is 17.9 Å². The third-order valence-electron chi connectivity index (χ3n) is 5.14. The lowest BCUT2D eigenvalue weighted by molar-refractivity contribution is -0.530. The fraction of sp³-hybridized carbons (Fsp3) is 0.318. The number of carbonyl (C=O) groups excluding carboxylic acids is 1. The van der Waals surface area contributed by atoms with Gasteiger partial charge in [-0.2, -0.15) is 0 Å². The molecule has 3 atom stereocenters. The highest BCUT2D eigenvalue weighted by Crippen LogP contribution is 2.44. The van der Waals surface area contributed by atoms with Crippen LogP contribution in [-0.4, -0.2) is 30.7 Å². The maximum Gasteiger partial charge on any atom is 0.334 e. The monoisotopic (exact) mass is 381 g/mol. The number of carbonyl (C=O) groups is 1. The second kappa shape index (κ2) is 8.69. The molecule has 0 bridgehead atoms. The van der Waals surface area contributed by atoms with E-state index in [4.69, 9.17) is 9.47 Å². The molecule has 0 radical (unpaired) electrons. The summed E-state index contributed by atoms with van der Waals surface area (Å²) in [5, 5.41) is 12.2. The lowest BCUT2D eigenvalue weighted by atomic mass is 9.71. The Morgan fingerprint density at radius 2 is 1.79 bits per heavy atom. The van der Waals surface area contributed by atoms with Gasteiger partial charge >= 0.3 is 5.97 Å². The van der Waals surface area contributed by atoms with Crippen LogP contribution >= 0.6 is 0 Å². The zero-order valence-electron chi connectivity index (χ0n) is 15.9. The van der Waals surface area contributed by atoms with Crippen LogP contribution in [0.5, 0.6) is 5.75 Å². The lowest BCUT2D eigenvalue weighted by Gasteiger charge is -2.32. The molecule has 0 spiro atoms. The molecule has 3 rings (SSSR count). The van der Waals surface area contributed by atoms with Gasteiger partial charge in [0, 0.05) is 10.5 Å². The highest BCUT2D eigenvalue weighted by molar-refractivity contribution is 5.90. The first-order valence-electron chi connectivity index (χ1n) is 9.26. The molecule has 0 aliphatic heterocycles. The smallest absolute Gasteiger partial charge is 0.334 e. The van der Waals surface area contributed by atoms with Crippen molar-refractivity contribution < 1.29 is 19.2 Å². The Kier molecular flexibility index (Phi) is 6.09. The maximum absolute atomic E-state index is 12.5. The SMILES string of the molecule is CCOC(=O)C1=CC[C@@H](c2ccc(OC)cc2)[C@@H]([N+](=O)[O-])[C@@H]1c1ccccc1. The first-order chi connectivity index (χ1) is 13.6. The fourth-order valence-corrected chi connectivity index (χ4v) is 3.85. The van der Waals surface area contributed by atoms with E-state index >= 15 is 0 Å². The molecule has 6 heteroatoms. The highest BCUT2D eigenvalue weighted by atomic mass is 16.6. The van der Waals surface area contributed by atoms with Crippen LogP contribution in [0.1, 0.15) is 36.3 Å². The topological polar surface area (TPSA) is 78.7 Å². The number of hydrogen-bond acceptors (Lipinski definition) is 5. The number of esters is 1. The van der Waals surface area contributed by atoms with Crippen molar-refractivity contribution in [2.75, 3.05) is 13.7 Å². The molecule has 28 heavy (non-hydrogen) atoms. The third kappa shape index (κ3) is 3.91. The van der Waals surface area contributed by atoms with Gasteiger partial charge in [-0.15, -0.1) is 0 Å². The van der Waals surface area contributed by atoms with E-state index in [1.54, 1.807) is 32.2 Å². The normalized spacial score (nSPS) is 21.5. The molecular formula is C22H23NO5. The zero-order chi connectivity index (χ0) is 20.1. The number of allylic oxidation sites excluding steroid dienone is 1. The average Bonchev–Trinajstić information content (AvgIpc) is 2.73. The second-order valence-electron chi connectivity index (χ2n) is 6.66. The third-order valence-corrected chi connectivity index (χ3v) is 5.14. The van der Waals surface area contributed by atoms with Crippen LogP contribution in [0.4, 0.5) is 0 Å². The van der Waals surface area contributed by atoms with Crippen LogP contribution in [0.15, 0.2) is 66.2 Å². The molecule has 0 amide bonds. The van der Waals surface area contributed by atoms with Crippen molar-refractivity contribution in [1.29, 1.82) is 0 Å². The van der Waals surface area contributed by atoms with Crippen LogP contribution in [0.3, 0.4) is 0 Å². The summed E-state index contributed by atoms with van der Waals surface area (Å²) >= 11 is 0. The lowest BCUT2D eigenvalue weighted by Crippen LogP contribution is -2.39. The van der Waals surface area contributed by atoms with E-state index in [0.717, 1.165) is 11.1 Å². The predicted octanol–water partition coefficient (Wildman–Crippen LogP) is 4.10. The summed E-state index contributed by atoms with van der Waals surface area (Å²) in [4.78, 5) is 24.5. The summed E-state index contributed by atoms with van der Waals surface area (Å²) < 4.78 is 10.4. The van der Waals surface area contributed by atoms with Crippen LogP contribution in [-0.2, 0) is 9.53 Å². The molecule has 0 fully saturated rings. The van der Waals surface area contributed by atoms with E-state index in [9.17, 15) is 14.9 Å². The summed E-state index contributed by atoms with van der Waals surface area (Å²) in [5.41, 5.74) is 1.95. The number of hydrogen-bond donors (Lipinski definition) is 0. The molecule has 6 nitrogen and oxygen atoms in total. The second-order valence-corrected chi connectivity index (χ2v) is 6.66. The van der Waals surface area contributed by atoms with Gasteiger partial charge in [-0.1, -0.05) is 48.5 Å². The molecular weight excluding hydrogens is 358 g/mol. The van der Waals surface area contributed by atoms with Crippen molar-refractivity contribution in [3.8, 4) is 5.75 Å². The van der Waals surface area contributed by atoms with E-state index in [0.29, 0.717) is 17.7 Å². The molecule has 0 N–H and O–H groups in total. The Labute approximate surface area is 163 Å². The minimum atomic E-state index is -0.972. The molecule has 0 saturated carbocycles. The van der Waals surface area contributed by atoms with E-state index in [1.807, 2.05) is 42.5 Å². The molecule has 1 aliphatic rings. The quantitative estimate of drug-likeness (QED) is 0.428. The van der Waals surface area contributed by atoms with Crippen molar-refractivity contribution in [3.63, 3.8) is 0 Å². The number of rotatable bonds is 6. The predicted molar refractivity (Wildman–Crippen MR) is 105 cm³/mol. The van der Waals surface area contributed by atoms with Crippen molar-refractivity contribution >= 4 is 5.97 Å². The van der Waals surface area contributed by atoms with Crippen molar-refractivity contribution in [1.82, 2.24) is 0 Å². The van der Waals surface area contributed by atoms with Crippen molar-refractivity contribution in [3.05, 3.63) is 87.5 Å². The van der Waals surface area contributed by atoms with Crippen LogP contribution < -0.4 is 4.74 Å². The van der Waals surface area contributed by atoms with Gasteiger partial charge in [-0.3, -0.25) is 10.1 Å². The maximum atomic E-state index is 12.5.